The molecule has 0 radical (unpaired) electrons. The summed E-state index contributed by atoms with van der Waals surface area (Å²) in [7, 11) is 1.68. The van der Waals surface area contributed by atoms with Crippen molar-refractivity contribution in [3.8, 4) is 0 Å². The summed E-state index contributed by atoms with van der Waals surface area (Å²) in [6.07, 6.45) is 2.00. The quantitative estimate of drug-likeness (QED) is 0.410. The molecule has 6 nitrogen and oxygen atoms in total. The van der Waals surface area contributed by atoms with Gasteiger partial charge in [-0.3, -0.25) is 4.99 Å². The highest BCUT2D eigenvalue weighted by Gasteiger charge is 2.21. The lowest BCUT2D eigenvalue weighted by atomic mass is 10.1. The Morgan fingerprint density at radius 1 is 1.38 bits per heavy atom. The zero-order valence-corrected chi connectivity index (χ0v) is 13.8. The van der Waals surface area contributed by atoms with Gasteiger partial charge in [0.25, 0.3) is 0 Å². The van der Waals surface area contributed by atoms with Crippen LogP contribution in [-0.2, 0) is 9.47 Å². The molecule has 0 bridgehead atoms. The van der Waals surface area contributed by atoms with Gasteiger partial charge in [0.1, 0.15) is 0 Å². The summed E-state index contributed by atoms with van der Waals surface area (Å²) in [6, 6.07) is 0. The Balaban J connectivity index is 2.26. The van der Waals surface area contributed by atoms with Crippen molar-refractivity contribution in [1.82, 2.24) is 10.6 Å². The number of hydrogen-bond acceptors (Lipinski definition) is 4. The molecule has 0 aromatic carbocycles. The topological polar surface area (TPSA) is 75.1 Å². The van der Waals surface area contributed by atoms with Crippen molar-refractivity contribution in [2.75, 3.05) is 40.0 Å². The molecule has 21 heavy (non-hydrogen) atoms. The number of ether oxygens (including phenoxy) is 2. The van der Waals surface area contributed by atoms with Gasteiger partial charge in [-0.2, -0.15) is 0 Å². The lowest BCUT2D eigenvalue weighted by Gasteiger charge is -2.21. The van der Waals surface area contributed by atoms with Crippen LogP contribution in [0.1, 0.15) is 33.6 Å². The standard InChI is InChI=1S/C15H31N3O3/c1-5-16-14(18-11-15(2,3)20-4)17-8-13(19)10-21-9-12-6-7-12/h12-13,19H,5-11H2,1-4H3,(H2,16,17,18). The van der Waals surface area contributed by atoms with Gasteiger partial charge in [-0.05, 0) is 39.5 Å². The summed E-state index contributed by atoms with van der Waals surface area (Å²) in [5.41, 5.74) is -0.297. The summed E-state index contributed by atoms with van der Waals surface area (Å²) in [6.45, 7) is 8.86. The highest BCUT2D eigenvalue weighted by molar-refractivity contribution is 5.79. The molecular formula is C15H31N3O3. The average Bonchev–Trinajstić information content (AvgIpc) is 3.26. The highest BCUT2D eigenvalue weighted by atomic mass is 16.5. The number of aliphatic hydroxyl groups excluding tert-OH is 1. The van der Waals surface area contributed by atoms with E-state index in [-0.39, 0.29) is 5.60 Å². The molecule has 1 unspecified atom stereocenters. The smallest absolute Gasteiger partial charge is 0.191 e. The second-order valence-corrected chi connectivity index (χ2v) is 6.17. The number of aliphatic hydroxyl groups is 1. The van der Waals surface area contributed by atoms with E-state index in [1.807, 2.05) is 20.8 Å². The molecule has 1 atom stereocenters. The molecular weight excluding hydrogens is 270 g/mol. The van der Waals surface area contributed by atoms with Crippen LogP contribution in [0.3, 0.4) is 0 Å². The van der Waals surface area contributed by atoms with Gasteiger partial charge in [0.15, 0.2) is 5.96 Å². The third-order valence-electron chi connectivity index (χ3n) is 3.38. The van der Waals surface area contributed by atoms with E-state index in [9.17, 15) is 5.11 Å². The fourth-order valence-corrected chi connectivity index (χ4v) is 1.60. The van der Waals surface area contributed by atoms with Crippen molar-refractivity contribution in [1.29, 1.82) is 0 Å². The van der Waals surface area contributed by atoms with E-state index in [0.29, 0.717) is 25.7 Å². The number of methoxy groups -OCH3 is 1. The molecule has 0 saturated heterocycles. The van der Waals surface area contributed by atoms with Crippen molar-refractivity contribution >= 4 is 5.96 Å². The molecule has 6 heteroatoms. The Bertz CT molecular complexity index is 317. The van der Waals surface area contributed by atoms with Gasteiger partial charge >= 0.3 is 0 Å². The molecule has 0 aromatic rings. The maximum absolute atomic E-state index is 9.88. The fraction of sp³-hybridized carbons (Fsp3) is 0.933. The summed E-state index contributed by atoms with van der Waals surface area (Å²) >= 11 is 0. The number of aliphatic imine (C=N–C) groups is 1. The predicted octanol–water partition coefficient (Wildman–Crippen LogP) is 0.754. The van der Waals surface area contributed by atoms with Crippen molar-refractivity contribution < 1.29 is 14.6 Å². The van der Waals surface area contributed by atoms with Gasteiger partial charge in [-0.1, -0.05) is 0 Å². The van der Waals surface area contributed by atoms with Crippen LogP contribution in [0.2, 0.25) is 0 Å². The third kappa shape index (κ3) is 8.90. The maximum atomic E-state index is 9.88. The van der Waals surface area contributed by atoms with E-state index in [4.69, 9.17) is 9.47 Å². The number of nitrogens with zero attached hydrogens (tertiary/aromatic N) is 1. The van der Waals surface area contributed by atoms with E-state index >= 15 is 0 Å². The zero-order chi connectivity index (χ0) is 15.7. The van der Waals surface area contributed by atoms with Crippen LogP contribution in [0, 0.1) is 5.92 Å². The predicted molar refractivity (Wildman–Crippen MR) is 84.6 cm³/mol. The number of hydrogen-bond donors (Lipinski definition) is 3. The van der Waals surface area contributed by atoms with E-state index in [0.717, 1.165) is 19.1 Å². The first kappa shape index (κ1) is 18.2. The first-order valence-corrected chi connectivity index (χ1v) is 7.80. The summed E-state index contributed by atoms with van der Waals surface area (Å²) < 4.78 is 10.8. The van der Waals surface area contributed by atoms with Crippen molar-refractivity contribution in [3.63, 3.8) is 0 Å². The zero-order valence-electron chi connectivity index (χ0n) is 13.8. The number of rotatable bonds is 10. The van der Waals surface area contributed by atoms with Crippen LogP contribution in [0.15, 0.2) is 4.99 Å². The molecule has 1 saturated carbocycles. The molecule has 0 amide bonds. The molecule has 1 fully saturated rings. The second-order valence-electron chi connectivity index (χ2n) is 6.17. The SMILES string of the molecule is CCNC(=NCC(C)(C)OC)NCC(O)COCC1CC1. The van der Waals surface area contributed by atoms with Crippen LogP contribution < -0.4 is 10.6 Å². The first-order valence-electron chi connectivity index (χ1n) is 7.80. The van der Waals surface area contributed by atoms with Crippen molar-refractivity contribution in [2.24, 2.45) is 10.9 Å². The first-order chi connectivity index (χ1) is 9.96. The van der Waals surface area contributed by atoms with E-state index in [1.165, 1.54) is 12.8 Å². The molecule has 3 N–H and O–H groups in total. The van der Waals surface area contributed by atoms with E-state index < -0.39 is 6.10 Å². The Hall–Kier alpha value is -0.850. The van der Waals surface area contributed by atoms with Crippen LogP contribution in [-0.4, -0.2) is 62.7 Å². The minimum Gasteiger partial charge on any atom is -0.389 e. The third-order valence-corrected chi connectivity index (χ3v) is 3.38. The molecule has 1 rings (SSSR count). The van der Waals surface area contributed by atoms with Gasteiger partial charge in [0.05, 0.1) is 24.9 Å². The molecule has 0 aliphatic heterocycles. The lowest BCUT2D eigenvalue weighted by Crippen LogP contribution is -2.43. The van der Waals surface area contributed by atoms with Crippen LogP contribution >= 0.6 is 0 Å². The molecule has 0 heterocycles. The Kier molecular flexibility index (Phi) is 8.00. The number of nitrogens with one attached hydrogen (secondary N) is 2. The lowest BCUT2D eigenvalue weighted by molar-refractivity contribution is 0.0306. The number of guanidine groups is 1. The summed E-state index contributed by atoms with van der Waals surface area (Å²) in [4.78, 5) is 4.46. The molecule has 0 aromatic heterocycles. The van der Waals surface area contributed by atoms with Gasteiger partial charge < -0.3 is 25.2 Å². The average molecular weight is 301 g/mol. The monoisotopic (exact) mass is 301 g/mol. The molecule has 1 aliphatic rings. The Morgan fingerprint density at radius 3 is 2.67 bits per heavy atom. The van der Waals surface area contributed by atoms with Crippen LogP contribution in [0.25, 0.3) is 0 Å². The molecule has 124 valence electrons. The van der Waals surface area contributed by atoms with Gasteiger partial charge in [0, 0.05) is 26.8 Å². The van der Waals surface area contributed by atoms with Gasteiger partial charge in [-0.15, -0.1) is 0 Å². The largest absolute Gasteiger partial charge is 0.389 e. The van der Waals surface area contributed by atoms with Crippen molar-refractivity contribution in [2.45, 2.75) is 45.3 Å². The van der Waals surface area contributed by atoms with E-state index in [2.05, 4.69) is 15.6 Å². The second kappa shape index (κ2) is 9.23. The summed E-state index contributed by atoms with van der Waals surface area (Å²) in [5, 5.41) is 16.2. The minimum atomic E-state index is -0.525. The van der Waals surface area contributed by atoms with Crippen LogP contribution in [0.5, 0.6) is 0 Å². The summed E-state index contributed by atoms with van der Waals surface area (Å²) in [5.74, 6) is 1.41. The maximum Gasteiger partial charge on any atom is 0.191 e. The fourth-order valence-electron chi connectivity index (χ4n) is 1.60. The highest BCUT2D eigenvalue weighted by Crippen LogP contribution is 2.28. The van der Waals surface area contributed by atoms with Crippen molar-refractivity contribution in [3.05, 3.63) is 0 Å². The van der Waals surface area contributed by atoms with Gasteiger partial charge in [0.2, 0.25) is 0 Å². The Labute approximate surface area is 128 Å². The molecule has 1 aliphatic carbocycles. The van der Waals surface area contributed by atoms with Gasteiger partial charge in [-0.25, -0.2) is 0 Å². The van der Waals surface area contributed by atoms with Crippen LogP contribution in [0.4, 0.5) is 0 Å². The van der Waals surface area contributed by atoms with E-state index in [1.54, 1.807) is 7.11 Å². The normalized spacial score (nSPS) is 17.7. The Morgan fingerprint density at radius 2 is 2.10 bits per heavy atom. The molecule has 0 spiro atoms. The minimum absolute atomic E-state index is 0.297.